The van der Waals surface area contributed by atoms with Crippen LogP contribution in [0.2, 0.25) is 0 Å². The average Bonchev–Trinajstić information content (AvgIpc) is 2.67. The monoisotopic (exact) mass is 240 g/mol. The van der Waals surface area contributed by atoms with Gasteiger partial charge >= 0.3 is 5.69 Å². The molecule has 0 saturated carbocycles. The fourth-order valence-electron chi connectivity index (χ4n) is 1.40. The molecule has 2 aromatic rings. The number of rotatable bonds is 2. The lowest BCUT2D eigenvalue weighted by atomic mass is 10.4. The molecule has 2 aromatic heterocycles. The van der Waals surface area contributed by atoms with Gasteiger partial charge in [-0.05, 0) is 6.07 Å². The number of H-pyrrole nitrogens is 1. The molecule has 90 valence electrons. The lowest BCUT2D eigenvalue weighted by Gasteiger charge is -2.07. The third-order valence-electron chi connectivity index (χ3n) is 2.36. The molecule has 0 aliphatic carbocycles. The molecule has 0 amide bonds. The normalized spacial score (nSPS) is 10.7. The number of halogens is 1. The highest BCUT2D eigenvalue weighted by molar-refractivity contribution is 5.12. The van der Waals surface area contributed by atoms with Gasteiger partial charge in [-0.15, -0.1) is 0 Å². The number of aromatic hydroxyl groups is 1. The van der Waals surface area contributed by atoms with E-state index in [4.69, 9.17) is 0 Å². The van der Waals surface area contributed by atoms with Crippen LogP contribution < -0.4 is 11.2 Å². The highest BCUT2D eigenvalue weighted by Crippen LogP contribution is 2.09. The number of hydrogen-bond acceptors (Lipinski definition) is 4. The number of aryl methyl sites for hydroxylation is 1. The van der Waals surface area contributed by atoms with Crippen LogP contribution >= 0.6 is 0 Å². The van der Waals surface area contributed by atoms with Gasteiger partial charge in [0.05, 0.1) is 12.2 Å². The first-order chi connectivity index (χ1) is 8.00. The second kappa shape index (κ2) is 3.89. The van der Waals surface area contributed by atoms with Crippen molar-refractivity contribution in [1.82, 2.24) is 19.3 Å². The third-order valence-corrected chi connectivity index (χ3v) is 2.36. The summed E-state index contributed by atoms with van der Waals surface area (Å²) >= 11 is 0. The van der Waals surface area contributed by atoms with Crippen molar-refractivity contribution < 1.29 is 9.50 Å². The number of hydrogen-bond donors (Lipinski definition) is 2. The number of nitrogens with zero attached hydrogens (tertiary/aromatic N) is 3. The van der Waals surface area contributed by atoms with E-state index in [9.17, 15) is 19.1 Å². The molecule has 0 spiro atoms. The van der Waals surface area contributed by atoms with Gasteiger partial charge in [0.25, 0.3) is 5.56 Å². The van der Waals surface area contributed by atoms with E-state index in [0.717, 1.165) is 0 Å². The molecule has 0 aromatic carbocycles. The van der Waals surface area contributed by atoms with Crippen LogP contribution in [0.25, 0.3) is 0 Å². The Morgan fingerprint density at radius 2 is 2.24 bits per heavy atom. The summed E-state index contributed by atoms with van der Waals surface area (Å²) in [6.45, 7) is -0.0884. The van der Waals surface area contributed by atoms with Crippen LogP contribution in [0, 0.1) is 5.82 Å². The van der Waals surface area contributed by atoms with Crippen LogP contribution in [0.3, 0.4) is 0 Å². The molecule has 0 atom stereocenters. The van der Waals surface area contributed by atoms with E-state index in [1.807, 2.05) is 0 Å². The molecular formula is C9H9FN4O3. The predicted molar refractivity (Wildman–Crippen MR) is 55.3 cm³/mol. The minimum absolute atomic E-state index is 0.0884. The van der Waals surface area contributed by atoms with Crippen LogP contribution in [0.1, 0.15) is 5.69 Å². The quantitative estimate of drug-likeness (QED) is 0.716. The summed E-state index contributed by atoms with van der Waals surface area (Å²) in [5.74, 6) is -2.37. The molecule has 0 saturated heterocycles. The Hall–Kier alpha value is -2.38. The molecule has 2 rings (SSSR count). The van der Waals surface area contributed by atoms with Gasteiger partial charge in [0.2, 0.25) is 11.7 Å². The molecule has 0 bridgehead atoms. The Labute approximate surface area is 93.8 Å². The number of nitrogens with one attached hydrogen (secondary N) is 1. The van der Waals surface area contributed by atoms with Gasteiger partial charge in [-0.3, -0.25) is 19.0 Å². The zero-order valence-corrected chi connectivity index (χ0v) is 8.85. The second-order valence-corrected chi connectivity index (χ2v) is 3.43. The molecule has 0 aliphatic rings. The first-order valence-electron chi connectivity index (χ1n) is 4.69. The van der Waals surface area contributed by atoms with E-state index in [-0.39, 0.29) is 6.54 Å². The van der Waals surface area contributed by atoms with Crippen molar-refractivity contribution in [2.24, 2.45) is 7.05 Å². The van der Waals surface area contributed by atoms with Gasteiger partial charge in [0, 0.05) is 13.2 Å². The van der Waals surface area contributed by atoms with E-state index in [1.54, 1.807) is 18.1 Å². The van der Waals surface area contributed by atoms with Crippen molar-refractivity contribution in [3.8, 4) is 5.88 Å². The second-order valence-electron chi connectivity index (χ2n) is 3.43. The van der Waals surface area contributed by atoms with Gasteiger partial charge in [-0.1, -0.05) is 0 Å². The molecule has 0 radical (unpaired) electrons. The van der Waals surface area contributed by atoms with E-state index < -0.39 is 22.9 Å². The van der Waals surface area contributed by atoms with Crippen molar-refractivity contribution in [3.05, 3.63) is 44.6 Å². The minimum Gasteiger partial charge on any atom is -0.492 e. The van der Waals surface area contributed by atoms with Crippen molar-refractivity contribution in [2.45, 2.75) is 6.54 Å². The molecule has 7 nitrogen and oxygen atoms in total. The number of aromatic nitrogens is 4. The first-order valence-corrected chi connectivity index (χ1v) is 4.69. The Morgan fingerprint density at radius 3 is 2.82 bits per heavy atom. The minimum atomic E-state index is -1.38. The fourth-order valence-corrected chi connectivity index (χ4v) is 1.40. The maximum absolute atomic E-state index is 13.1. The molecular weight excluding hydrogens is 231 g/mol. The summed E-state index contributed by atoms with van der Waals surface area (Å²) < 4.78 is 15.3. The van der Waals surface area contributed by atoms with E-state index in [1.165, 1.54) is 10.9 Å². The summed E-state index contributed by atoms with van der Waals surface area (Å²) in [7, 11) is 1.64. The van der Waals surface area contributed by atoms with Gasteiger partial charge in [0.1, 0.15) is 0 Å². The molecule has 0 fully saturated rings. The molecule has 17 heavy (non-hydrogen) atoms. The Balaban J connectivity index is 2.54. The van der Waals surface area contributed by atoms with Gasteiger partial charge < -0.3 is 5.11 Å². The van der Waals surface area contributed by atoms with Crippen LogP contribution in [0.15, 0.2) is 21.9 Å². The Kier molecular flexibility index (Phi) is 2.54. The molecule has 8 heteroatoms. The van der Waals surface area contributed by atoms with Gasteiger partial charge in [-0.2, -0.15) is 9.49 Å². The SMILES string of the molecule is Cn1nccc1Cn1c(O)c(F)c(=O)[nH]c1=O. The average molecular weight is 240 g/mol. The highest BCUT2D eigenvalue weighted by Gasteiger charge is 2.14. The fraction of sp³-hybridized carbons (Fsp3) is 0.222. The Bertz CT molecular complexity index is 670. The molecule has 0 unspecified atom stereocenters. The van der Waals surface area contributed by atoms with E-state index in [0.29, 0.717) is 10.3 Å². The van der Waals surface area contributed by atoms with Crippen LogP contribution in [-0.2, 0) is 13.6 Å². The third kappa shape index (κ3) is 1.84. The zero-order valence-electron chi connectivity index (χ0n) is 8.85. The van der Waals surface area contributed by atoms with E-state index >= 15 is 0 Å². The zero-order chi connectivity index (χ0) is 12.6. The molecule has 2 heterocycles. The van der Waals surface area contributed by atoms with Gasteiger partial charge in [0.15, 0.2) is 0 Å². The standard InChI is InChI=1S/C9H9FN4O3/c1-13-5(2-3-11-13)4-14-8(16)6(10)7(15)12-9(14)17/h2-3,16H,4H2,1H3,(H,12,15,17). The summed E-state index contributed by atoms with van der Waals surface area (Å²) in [4.78, 5) is 24.0. The summed E-state index contributed by atoms with van der Waals surface area (Å²) in [5, 5.41) is 13.3. The Morgan fingerprint density at radius 1 is 1.53 bits per heavy atom. The maximum Gasteiger partial charge on any atom is 0.331 e. The largest absolute Gasteiger partial charge is 0.492 e. The predicted octanol–water partition coefficient (Wildman–Crippen LogP) is -0.837. The van der Waals surface area contributed by atoms with Crippen LogP contribution in [-0.4, -0.2) is 24.4 Å². The smallest absolute Gasteiger partial charge is 0.331 e. The van der Waals surface area contributed by atoms with Crippen LogP contribution in [0.5, 0.6) is 5.88 Å². The van der Waals surface area contributed by atoms with Crippen molar-refractivity contribution in [3.63, 3.8) is 0 Å². The van der Waals surface area contributed by atoms with Crippen molar-refractivity contribution in [1.29, 1.82) is 0 Å². The molecule has 0 aliphatic heterocycles. The lowest BCUT2D eigenvalue weighted by Crippen LogP contribution is -2.32. The lowest BCUT2D eigenvalue weighted by molar-refractivity contribution is 0.365. The maximum atomic E-state index is 13.1. The summed E-state index contributed by atoms with van der Waals surface area (Å²) in [6, 6.07) is 1.61. The van der Waals surface area contributed by atoms with Crippen LogP contribution in [0.4, 0.5) is 4.39 Å². The topological polar surface area (TPSA) is 92.9 Å². The van der Waals surface area contributed by atoms with E-state index in [2.05, 4.69) is 5.10 Å². The molecule has 2 N–H and O–H groups in total. The first kappa shape index (κ1) is 11.1. The summed E-state index contributed by atoms with van der Waals surface area (Å²) in [6.07, 6.45) is 1.50. The number of aromatic amines is 1. The van der Waals surface area contributed by atoms with Crippen molar-refractivity contribution in [2.75, 3.05) is 0 Å². The van der Waals surface area contributed by atoms with Crippen molar-refractivity contribution >= 4 is 0 Å². The summed E-state index contributed by atoms with van der Waals surface area (Å²) in [5.41, 5.74) is -1.54. The van der Waals surface area contributed by atoms with Gasteiger partial charge in [-0.25, -0.2) is 4.79 Å². The highest BCUT2D eigenvalue weighted by atomic mass is 19.1.